The van der Waals surface area contributed by atoms with Gasteiger partial charge in [-0.3, -0.25) is 9.59 Å². The zero-order valence-corrected chi connectivity index (χ0v) is 14.6. The van der Waals surface area contributed by atoms with Crippen molar-refractivity contribution in [3.8, 4) is 0 Å². The van der Waals surface area contributed by atoms with E-state index in [0.717, 1.165) is 11.1 Å². The summed E-state index contributed by atoms with van der Waals surface area (Å²) in [5.41, 5.74) is 2.76. The van der Waals surface area contributed by atoms with Gasteiger partial charge in [0.25, 0.3) is 5.91 Å². The van der Waals surface area contributed by atoms with Crippen molar-refractivity contribution >= 4 is 11.8 Å². The summed E-state index contributed by atoms with van der Waals surface area (Å²) in [5, 5.41) is 0. The number of amides is 2. The Balaban J connectivity index is 1.62. The first-order chi connectivity index (χ1) is 12.7. The van der Waals surface area contributed by atoms with Gasteiger partial charge in [0.1, 0.15) is 6.04 Å². The lowest BCUT2D eigenvalue weighted by Gasteiger charge is -2.34. The van der Waals surface area contributed by atoms with E-state index in [-0.39, 0.29) is 11.8 Å². The second-order valence-corrected chi connectivity index (χ2v) is 6.73. The van der Waals surface area contributed by atoms with Crippen LogP contribution in [0, 0.1) is 0 Å². The quantitative estimate of drug-likeness (QED) is 0.849. The molecule has 2 aromatic carbocycles. The molecular weight excluding hydrogens is 328 g/mol. The van der Waals surface area contributed by atoms with E-state index in [2.05, 4.69) is 0 Å². The van der Waals surface area contributed by atoms with Crippen molar-refractivity contribution in [2.24, 2.45) is 0 Å². The number of fused-ring (bicyclic) bond motifs is 1. The third kappa shape index (κ3) is 3.22. The molecule has 5 heteroatoms. The van der Waals surface area contributed by atoms with Crippen LogP contribution in [0.1, 0.15) is 21.5 Å². The second kappa shape index (κ2) is 7.30. The second-order valence-electron chi connectivity index (χ2n) is 6.73. The molecule has 2 aromatic rings. The van der Waals surface area contributed by atoms with Crippen molar-refractivity contribution < 1.29 is 14.3 Å². The molecule has 0 radical (unpaired) electrons. The molecule has 0 aliphatic carbocycles. The van der Waals surface area contributed by atoms with Gasteiger partial charge in [0.15, 0.2) is 0 Å². The summed E-state index contributed by atoms with van der Waals surface area (Å²) in [4.78, 5) is 29.8. The van der Waals surface area contributed by atoms with E-state index in [9.17, 15) is 9.59 Å². The molecule has 2 aliphatic rings. The van der Waals surface area contributed by atoms with Crippen LogP contribution in [0.25, 0.3) is 0 Å². The van der Waals surface area contributed by atoms with Crippen LogP contribution in [0.4, 0.5) is 0 Å². The summed E-state index contributed by atoms with van der Waals surface area (Å²) in [6, 6.07) is 17.0. The van der Waals surface area contributed by atoms with Gasteiger partial charge in [-0.25, -0.2) is 0 Å². The minimum atomic E-state index is -0.490. The number of carbonyl (C=O) groups is 2. The average Bonchev–Trinajstić information content (AvgIpc) is 3.04. The standard InChI is InChI=1S/C21H22N2O3/c24-20-18-9-5-4-8-17(18)15-23(20)19(14-16-6-2-1-3-7-16)21(25)22-10-12-26-13-11-22/h1-9,19H,10-15H2. The van der Waals surface area contributed by atoms with Gasteiger partial charge in [0.05, 0.1) is 13.2 Å². The van der Waals surface area contributed by atoms with Crippen LogP contribution < -0.4 is 0 Å². The van der Waals surface area contributed by atoms with Crippen LogP contribution in [0.15, 0.2) is 54.6 Å². The summed E-state index contributed by atoms with van der Waals surface area (Å²) in [7, 11) is 0. The van der Waals surface area contributed by atoms with Crippen molar-refractivity contribution in [3.63, 3.8) is 0 Å². The Hall–Kier alpha value is -2.66. The third-order valence-corrected chi connectivity index (χ3v) is 5.11. The maximum Gasteiger partial charge on any atom is 0.255 e. The molecule has 1 unspecified atom stereocenters. The minimum absolute atomic E-state index is 0.0123. The number of morpholine rings is 1. The summed E-state index contributed by atoms with van der Waals surface area (Å²) in [6.45, 7) is 2.76. The van der Waals surface area contributed by atoms with Gasteiger partial charge in [-0.05, 0) is 17.2 Å². The minimum Gasteiger partial charge on any atom is -0.378 e. The lowest BCUT2D eigenvalue weighted by atomic mass is 10.0. The molecule has 134 valence electrons. The maximum absolute atomic E-state index is 13.3. The van der Waals surface area contributed by atoms with Crippen LogP contribution in [0.5, 0.6) is 0 Å². The molecule has 5 nitrogen and oxygen atoms in total. The van der Waals surface area contributed by atoms with Crippen molar-refractivity contribution in [3.05, 3.63) is 71.3 Å². The van der Waals surface area contributed by atoms with Crippen LogP contribution in [-0.2, 0) is 22.5 Å². The van der Waals surface area contributed by atoms with E-state index in [0.29, 0.717) is 44.8 Å². The number of hydrogen-bond donors (Lipinski definition) is 0. The number of benzene rings is 2. The maximum atomic E-state index is 13.3. The molecule has 0 spiro atoms. The average molecular weight is 350 g/mol. The summed E-state index contributed by atoms with van der Waals surface area (Å²) < 4.78 is 5.37. The lowest BCUT2D eigenvalue weighted by molar-refractivity contribution is -0.140. The molecule has 2 amide bonds. The fourth-order valence-corrected chi connectivity index (χ4v) is 3.69. The van der Waals surface area contributed by atoms with Gasteiger partial charge < -0.3 is 14.5 Å². The Kier molecular flexibility index (Phi) is 4.71. The Labute approximate surface area is 153 Å². The third-order valence-electron chi connectivity index (χ3n) is 5.11. The molecule has 1 atom stereocenters. The monoisotopic (exact) mass is 350 g/mol. The molecule has 1 fully saturated rings. The molecule has 1 saturated heterocycles. The Morgan fingerprint density at radius 3 is 2.42 bits per heavy atom. The first kappa shape index (κ1) is 16.8. The first-order valence-electron chi connectivity index (χ1n) is 9.03. The van der Waals surface area contributed by atoms with E-state index in [1.165, 1.54) is 0 Å². The molecule has 26 heavy (non-hydrogen) atoms. The van der Waals surface area contributed by atoms with E-state index in [1.54, 1.807) is 4.90 Å². The molecule has 4 rings (SSSR count). The topological polar surface area (TPSA) is 49.9 Å². The molecular formula is C21H22N2O3. The Morgan fingerprint density at radius 1 is 1.00 bits per heavy atom. The number of hydrogen-bond acceptors (Lipinski definition) is 3. The fraction of sp³-hybridized carbons (Fsp3) is 0.333. The molecule has 2 heterocycles. The number of rotatable bonds is 4. The number of nitrogens with zero attached hydrogens (tertiary/aromatic N) is 2. The van der Waals surface area contributed by atoms with E-state index >= 15 is 0 Å². The van der Waals surface area contributed by atoms with E-state index in [4.69, 9.17) is 4.74 Å². The van der Waals surface area contributed by atoms with Gasteiger partial charge in [0, 0.05) is 31.6 Å². The SMILES string of the molecule is O=C(C(Cc1ccccc1)N1Cc2ccccc2C1=O)N1CCOCC1. The van der Waals surface area contributed by atoms with E-state index < -0.39 is 6.04 Å². The largest absolute Gasteiger partial charge is 0.378 e. The predicted octanol–water partition coefficient (Wildman–Crippen LogP) is 2.11. The zero-order valence-electron chi connectivity index (χ0n) is 14.6. The van der Waals surface area contributed by atoms with Gasteiger partial charge in [-0.15, -0.1) is 0 Å². The van der Waals surface area contributed by atoms with Gasteiger partial charge in [-0.2, -0.15) is 0 Å². The van der Waals surface area contributed by atoms with Crippen LogP contribution in [-0.4, -0.2) is 54.0 Å². The Morgan fingerprint density at radius 2 is 1.69 bits per heavy atom. The molecule has 2 aliphatic heterocycles. The normalized spacial score (nSPS) is 17.9. The molecule has 0 aromatic heterocycles. The van der Waals surface area contributed by atoms with Crippen molar-refractivity contribution in [2.45, 2.75) is 19.0 Å². The highest BCUT2D eigenvalue weighted by Gasteiger charge is 2.38. The first-order valence-corrected chi connectivity index (χ1v) is 9.03. The highest BCUT2D eigenvalue weighted by atomic mass is 16.5. The predicted molar refractivity (Wildman–Crippen MR) is 97.6 cm³/mol. The number of ether oxygens (including phenoxy) is 1. The molecule has 0 N–H and O–H groups in total. The summed E-state index contributed by atoms with van der Waals surface area (Å²) in [5.74, 6) is -0.0403. The Bertz CT molecular complexity index is 800. The zero-order chi connectivity index (χ0) is 17.9. The van der Waals surface area contributed by atoms with Crippen LogP contribution in [0.3, 0.4) is 0 Å². The van der Waals surface area contributed by atoms with Crippen LogP contribution >= 0.6 is 0 Å². The highest BCUT2D eigenvalue weighted by Crippen LogP contribution is 2.26. The van der Waals surface area contributed by atoms with Crippen molar-refractivity contribution in [1.29, 1.82) is 0 Å². The lowest BCUT2D eigenvalue weighted by Crippen LogP contribution is -2.52. The van der Waals surface area contributed by atoms with Gasteiger partial charge >= 0.3 is 0 Å². The smallest absolute Gasteiger partial charge is 0.255 e. The number of carbonyl (C=O) groups excluding carboxylic acids is 2. The summed E-state index contributed by atoms with van der Waals surface area (Å²) in [6.07, 6.45) is 0.525. The summed E-state index contributed by atoms with van der Waals surface area (Å²) >= 11 is 0. The van der Waals surface area contributed by atoms with Crippen LogP contribution in [0.2, 0.25) is 0 Å². The van der Waals surface area contributed by atoms with Crippen molar-refractivity contribution in [1.82, 2.24) is 9.80 Å². The van der Waals surface area contributed by atoms with Crippen molar-refractivity contribution in [2.75, 3.05) is 26.3 Å². The fourth-order valence-electron chi connectivity index (χ4n) is 3.69. The van der Waals surface area contributed by atoms with Gasteiger partial charge in [0.2, 0.25) is 5.91 Å². The molecule has 0 saturated carbocycles. The van der Waals surface area contributed by atoms with E-state index in [1.807, 2.05) is 59.5 Å². The molecule has 0 bridgehead atoms. The van der Waals surface area contributed by atoms with Gasteiger partial charge in [-0.1, -0.05) is 48.5 Å². The highest BCUT2D eigenvalue weighted by molar-refractivity contribution is 6.01.